The van der Waals surface area contributed by atoms with Crippen molar-refractivity contribution in [1.82, 2.24) is 4.90 Å². The standard InChI is InChI=1S/C32H41NO3/c1-32(2,23-34)27-17-15-24(16-18-27)30(36)14-9-20-33-21-19-28(35)22-29(33)31(25-10-5-3-6-11-25)26-12-7-4-8-13-26/h3-8,10-13,15-18,28-31,34-36H,9,14,19-23H2,1-2H3. The lowest BCUT2D eigenvalue weighted by Crippen LogP contribution is -2.48. The van der Waals surface area contributed by atoms with Crippen molar-refractivity contribution in [3.8, 4) is 0 Å². The maximum absolute atomic E-state index is 10.9. The molecule has 3 N–H and O–H groups in total. The third-order valence-electron chi connectivity index (χ3n) is 7.83. The van der Waals surface area contributed by atoms with Gasteiger partial charge in [-0.25, -0.2) is 0 Å². The molecule has 4 heteroatoms. The van der Waals surface area contributed by atoms with E-state index in [0.29, 0.717) is 6.42 Å². The third-order valence-corrected chi connectivity index (χ3v) is 7.83. The summed E-state index contributed by atoms with van der Waals surface area (Å²) in [5.41, 5.74) is 4.26. The zero-order valence-electron chi connectivity index (χ0n) is 21.6. The van der Waals surface area contributed by atoms with E-state index >= 15 is 0 Å². The number of aliphatic hydroxyl groups excluding tert-OH is 3. The van der Waals surface area contributed by atoms with Crippen molar-refractivity contribution in [3.05, 3.63) is 107 Å². The molecule has 1 fully saturated rings. The van der Waals surface area contributed by atoms with Crippen LogP contribution in [0.2, 0.25) is 0 Å². The average molecular weight is 488 g/mol. The van der Waals surface area contributed by atoms with Gasteiger partial charge in [-0.15, -0.1) is 0 Å². The first-order chi connectivity index (χ1) is 17.4. The fraction of sp³-hybridized carbons (Fsp3) is 0.438. The van der Waals surface area contributed by atoms with Crippen molar-refractivity contribution >= 4 is 0 Å². The van der Waals surface area contributed by atoms with Crippen LogP contribution in [0.5, 0.6) is 0 Å². The quantitative estimate of drug-likeness (QED) is 0.357. The van der Waals surface area contributed by atoms with Crippen molar-refractivity contribution in [3.63, 3.8) is 0 Å². The lowest BCUT2D eigenvalue weighted by Gasteiger charge is -2.43. The van der Waals surface area contributed by atoms with Crippen LogP contribution in [0.3, 0.4) is 0 Å². The molecule has 0 saturated carbocycles. The predicted molar refractivity (Wildman–Crippen MR) is 146 cm³/mol. The highest BCUT2D eigenvalue weighted by Gasteiger charge is 2.35. The predicted octanol–water partition coefficient (Wildman–Crippen LogP) is 5.43. The Hall–Kier alpha value is -2.50. The minimum absolute atomic E-state index is 0.0908. The van der Waals surface area contributed by atoms with E-state index in [0.717, 1.165) is 43.5 Å². The number of likely N-dealkylation sites (tertiary alicyclic amines) is 1. The van der Waals surface area contributed by atoms with Crippen LogP contribution in [0.4, 0.5) is 0 Å². The highest BCUT2D eigenvalue weighted by atomic mass is 16.3. The molecule has 0 amide bonds. The number of piperidine rings is 1. The molecule has 0 bridgehead atoms. The van der Waals surface area contributed by atoms with Crippen LogP contribution < -0.4 is 0 Å². The van der Waals surface area contributed by atoms with Crippen LogP contribution in [0.15, 0.2) is 84.9 Å². The van der Waals surface area contributed by atoms with E-state index in [1.165, 1.54) is 11.1 Å². The first kappa shape index (κ1) is 26.6. The van der Waals surface area contributed by atoms with Crippen molar-refractivity contribution in [1.29, 1.82) is 0 Å². The Kier molecular flexibility index (Phi) is 8.97. The van der Waals surface area contributed by atoms with Gasteiger partial charge < -0.3 is 15.3 Å². The molecule has 4 rings (SSSR count). The number of hydrogen-bond acceptors (Lipinski definition) is 4. The molecule has 0 aliphatic carbocycles. The highest BCUT2D eigenvalue weighted by molar-refractivity contribution is 5.35. The largest absolute Gasteiger partial charge is 0.395 e. The van der Waals surface area contributed by atoms with Crippen molar-refractivity contribution in [2.75, 3.05) is 19.7 Å². The number of nitrogens with zero attached hydrogens (tertiary/aromatic N) is 1. The van der Waals surface area contributed by atoms with Crippen LogP contribution in [0.25, 0.3) is 0 Å². The molecule has 4 nitrogen and oxygen atoms in total. The summed E-state index contributed by atoms with van der Waals surface area (Å²) >= 11 is 0. The third kappa shape index (κ3) is 6.43. The van der Waals surface area contributed by atoms with Crippen LogP contribution in [0.1, 0.15) is 73.8 Å². The van der Waals surface area contributed by atoms with Crippen LogP contribution >= 0.6 is 0 Å². The van der Waals surface area contributed by atoms with E-state index in [2.05, 4.69) is 65.6 Å². The Labute approximate surface area is 216 Å². The molecular weight excluding hydrogens is 446 g/mol. The molecule has 1 aliphatic heterocycles. The molecule has 0 aromatic heterocycles. The molecule has 1 heterocycles. The lowest BCUT2D eigenvalue weighted by atomic mass is 9.79. The van der Waals surface area contributed by atoms with Gasteiger partial charge in [0.25, 0.3) is 0 Å². The van der Waals surface area contributed by atoms with Gasteiger partial charge in [-0.3, -0.25) is 4.90 Å². The van der Waals surface area contributed by atoms with Gasteiger partial charge in [0, 0.05) is 23.9 Å². The summed E-state index contributed by atoms with van der Waals surface area (Å²) in [6, 6.07) is 29.5. The van der Waals surface area contributed by atoms with E-state index in [1.807, 2.05) is 38.1 Å². The Bertz CT molecular complexity index is 1010. The summed E-state index contributed by atoms with van der Waals surface area (Å²) in [6.45, 7) is 5.88. The molecule has 1 saturated heterocycles. The summed E-state index contributed by atoms with van der Waals surface area (Å²) in [5.74, 6) is 0.190. The first-order valence-corrected chi connectivity index (χ1v) is 13.3. The summed E-state index contributed by atoms with van der Waals surface area (Å²) in [5, 5.41) is 31.1. The fourth-order valence-electron chi connectivity index (χ4n) is 5.51. The molecule has 3 unspecified atom stereocenters. The minimum Gasteiger partial charge on any atom is -0.395 e. The molecule has 1 aliphatic rings. The summed E-state index contributed by atoms with van der Waals surface area (Å²) in [6.07, 6.45) is 2.32. The topological polar surface area (TPSA) is 63.9 Å². The number of aliphatic hydroxyl groups is 3. The summed E-state index contributed by atoms with van der Waals surface area (Å²) in [7, 11) is 0. The fourth-order valence-corrected chi connectivity index (χ4v) is 5.51. The van der Waals surface area contributed by atoms with Gasteiger partial charge in [-0.05, 0) is 54.5 Å². The molecular formula is C32H41NO3. The zero-order valence-corrected chi connectivity index (χ0v) is 21.6. The van der Waals surface area contributed by atoms with Gasteiger partial charge in [0.05, 0.1) is 18.8 Å². The summed E-state index contributed by atoms with van der Waals surface area (Å²) < 4.78 is 0. The van der Waals surface area contributed by atoms with E-state index in [-0.39, 0.29) is 30.1 Å². The zero-order chi connectivity index (χ0) is 25.5. The van der Waals surface area contributed by atoms with Gasteiger partial charge in [-0.1, -0.05) is 98.8 Å². The monoisotopic (exact) mass is 487 g/mol. The van der Waals surface area contributed by atoms with Crippen LogP contribution in [-0.4, -0.2) is 52.1 Å². The SMILES string of the molecule is CC(C)(CO)c1ccc(C(O)CCCN2CCC(O)CC2C(c2ccccc2)c2ccccc2)cc1. The van der Waals surface area contributed by atoms with Gasteiger partial charge in [0.15, 0.2) is 0 Å². The molecule has 3 aromatic rings. The van der Waals surface area contributed by atoms with Gasteiger partial charge in [-0.2, -0.15) is 0 Å². The van der Waals surface area contributed by atoms with Gasteiger partial charge >= 0.3 is 0 Å². The maximum atomic E-state index is 10.9. The molecule has 36 heavy (non-hydrogen) atoms. The normalized spacial score (nSPS) is 19.9. The summed E-state index contributed by atoms with van der Waals surface area (Å²) in [4.78, 5) is 2.52. The molecule has 0 radical (unpaired) electrons. The van der Waals surface area contributed by atoms with Crippen LogP contribution in [-0.2, 0) is 5.41 Å². The number of hydrogen-bond donors (Lipinski definition) is 3. The highest BCUT2D eigenvalue weighted by Crippen LogP contribution is 2.36. The maximum Gasteiger partial charge on any atom is 0.0790 e. The number of benzene rings is 3. The van der Waals surface area contributed by atoms with Crippen molar-refractivity contribution in [2.24, 2.45) is 0 Å². The smallest absolute Gasteiger partial charge is 0.0790 e. The molecule has 3 atom stereocenters. The average Bonchev–Trinajstić information content (AvgIpc) is 2.91. The van der Waals surface area contributed by atoms with Crippen molar-refractivity contribution < 1.29 is 15.3 Å². The van der Waals surface area contributed by atoms with E-state index in [1.54, 1.807) is 0 Å². The molecule has 192 valence electrons. The van der Waals surface area contributed by atoms with Crippen LogP contribution in [0, 0.1) is 0 Å². The Morgan fingerprint density at radius 1 is 0.861 bits per heavy atom. The first-order valence-electron chi connectivity index (χ1n) is 13.3. The molecule has 3 aromatic carbocycles. The molecule has 0 spiro atoms. The van der Waals surface area contributed by atoms with E-state index in [4.69, 9.17) is 0 Å². The van der Waals surface area contributed by atoms with Gasteiger partial charge in [0.1, 0.15) is 0 Å². The minimum atomic E-state index is -0.510. The lowest BCUT2D eigenvalue weighted by molar-refractivity contribution is 0.0319. The second-order valence-electron chi connectivity index (χ2n) is 10.9. The Morgan fingerprint density at radius 2 is 1.44 bits per heavy atom. The number of rotatable bonds is 10. The second kappa shape index (κ2) is 12.2. The van der Waals surface area contributed by atoms with E-state index < -0.39 is 6.10 Å². The van der Waals surface area contributed by atoms with Crippen molar-refractivity contribution in [2.45, 2.75) is 69.1 Å². The van der Waals surface area contributed by atoms with E-state index in [9.17, 15) is 15.3 Å². The Morgan fingerprint density at radius 3 is 2.00 bits per heavy atom. The van der Waals surface area contributed by atoms with Gasteiger partial charge in [0.2, 0.25) is 0 Å². The second-order valence-corrected chi connectivity index (χ2v) is 10.9. The Balaban J connectivity index is 1.45.